The van der Waals surface area contributed by atoms with E-state index in [-0.39, 0.29) is 4.90 Å². The van der Waals surface area contributed by atoms with Crippen LogP contribution in [-0.2, 0) is 9.84 Å². The van der Waals surface area contributed by atoms with Gasteiger partial charge in [-0.15, -0.1) is 5.10 Å². The third-order valence-electron chi connectivity index (χ3n) is 3.91. The Morgan fingerprint density at radius 1 is 1.04 bits per heavy atom. The molecule has 8 heteroatoms. The van der Waals surface area contributed by atoms with E-state index >= 15 is 0 Å². The number of aromatic amines is 1. The average Bonchev–Trinajstić information content (AvgIpc) is 3.14. The predicted octanol–water partition coefficient (Wildman–Crippen LogP) is 2.49. The van der Waals surface area contributed by atoms with E-state index in [9.17, 15) is 8.42 Å². The van der Waals surface area contributed by atoms with Crippen LogP contribution in [0, 0.1) is 0 Å². The van der Waals surface area contributed by atoms with Crippen LogP contribution in [0.1, 0.15) is 0 Å². The van der Waals surface area contributed by atoms with Crippen LogP contribution in [0.5, 0.6) is 0 Å². The molecule has 0 spiro atoms. The van der Waals surface area contributed by atoms with Crippen LogP contribution in [0.4, 0.5) is 0 Å². The Hall–Kier alpha value is -3.13. The topological polar surface area (TPSA) is 101 Å². The van der Waals surface area contributed by atoms with Gasteiger partial charge in [0, 0.05) is 29.0 Å². The third kappa shape index (κ3) is 2.76. The summed E-state index contributed by atoms with van der Waals surface area (Å²) in [5.74, 6) is 0.296. The lowest BCUT2D eigenvalue weighted by Gasteiger charge is -2.12. The van der Waals surface area contributed by atoms with Crippen molar-refractivity contribution in [2.24, 2.45) is 0 Å². The van der Waals surface area contributed by atoms with Crippen molar-refractivity contribution in [1.29, 1.82) is 0 Å². The lowest BCUT2D eigenvalue weighted by Crippen LogP contribution is -2.02. The first-order valence-corrected chi connectivity index (χ1v) is 9.35. The Kier molecular flexibility index (Phi) is 3.54. The number of rotatable bonds is 3. The van der Waals surface area contributed by atoms with Crippen molar-refractivity contribution < 1.29 is 8.42 Å². The van der Waals surface area contributed by atoms with Crippen molar-refractivity contribution in [3.63, 3.8) is 0 Å². The summed E-state index contributed by atoms with van der Waals surface area (Å²) < 4.78 is 24.5. The molecule has 0 saturated heterocycles. The number of nitrogens with one attached hydrogen (secondary N) is 1. The highest BCUT2D eigenvalue weighted by molar-refractivity contribution is 7.90. The SMILES string of the molecule is CS(=O)(=O)c1cccc(-c2cnc3ccccc3c2)c1-c1nnn[nH]1. The quantitative estimate of drug-likeness (QED) is 0.608. The minimum Gasteiger partial charge on any atom is -0.256 e. The summed E-state index contributed by atoms with van der Waals surface area (Å²) in [5, 5.41) is 14.7. The van der Waals surface area contributed by atoms with E-state index in [1.165, 1.54) is 0 Å². The number of pyridine rings is 1. The molecule has 0 bridgehead atoms. The summed E-state index contributed by atoms with van der Waals surface area (Å²) >= 11 is 0. The van der Waals surface area contributed by atoms with Gasteiger partial charge in [0.2, 0.25) is 0 Å². The van der Waals surface area contributed by atoms with Gasteiger partial charge in [-0.05, 0) is 34.2 Å². The molecule has 7 nitrogen and oxygen atoms in total. The molecule has 0 atom stereocenters. The normalized spacial score (nSPS) is 11.7. The van der Waals surface area contributed by atoms with E-state index in [0.717, 1.165) is 22.7 Å². The first kappa shape index (κ1) is 15.4. The second kappa shape index (κ2) is 5.75. The predicted molar refractivity (Wildman–Crippen MR) is 93.5 cm³/mol. The maximum atomic E-state index is 12.2. The van der Waals surface area contributed by atoms with Gasteiger partial charge in [0.1, 0.15) is 0 Å². The lowest BCUT2D eigenvalue weighted by molar-refractivity contribution is 0.602. The summed E-state index contributed by atoms with van der Waals surface area (Å²) in [7, 11) is -3.47. The average molecular weight is 351 g/mol. The highest BCUT2D eigenvalue weighted by atomic mass is 32.2. The molecule has 0 radical (unpaired) electrons. The van der Waals surface area contributed by atoms with Gasteiger partial charge in [0.15, 0.2) is 15.7 Å². The molecule has 2 aromatic heterocycles. The molecule has 4 rings (SSSR count). The molecular weight excluding hydrogens is 338 g/mol. The fourth-order valence-corrected chi connectivity index (χ4v) is 3.71. The van der Waals surface area contributed by atoms with E-state index in [1.54, 1.807) is 18.3 Å². The Bertz CT molecular complexity index is 1170. The van der Waals surface area contributed by atoms with Crippen molar-refractivity contribution in [1.82, 2.24) is 25.6 Å². The van der Waals surface area contributed by atoms with Crippen LogP contribution in [0.2, 0.25) is 0 Å². The fourth-order valence-electron chi connectivity index (χ4n) is 2.81. The monoisotopic (exact) mass is 351 g/mol. The van der Waals surface area contributed by atoms with Crippen LogP contribution in [0.3, 0.4) is 0 Å². The van der Waals surface area contributed by atoms with E-state index in [4.69, 9.17) is 0 Å². The summed E-state index contributed by atoms with van der Waals surface area (Å²) in [5.41, 5.74) is 2.79. The number of benzene rings is 2. The second-order valence-corrected chi connectivity index (χ2v) is 7.60. The van der Waals surface area contributed by atoms with Gasteiger partial charge in [-0.1, -0.05) is 30.3 Å². The van der Waals surface area contributed by atoms with E-state index in [1.807, 2.05) is 36.4 Å². The van der Waals surface area contributed by atoms with Crippen molar-refractivity contribution in [3.8, 4) is 22.5 Å². The number of tetrazole rings is 1. The van der Waals surface area contributed by atoms with E-state index in [0.29, 0.717) is 17.0 Å². The molecule has 0 unspecified atom stereocenters. The molecule has 0 aliphatic carbocycles. The highest BCUT2D eigenvalue weighted by Gasteiger charge is 2.21. The van der Waals surface area contributed by atoms with Crippen molar-refractivity contribution in [3.05, 3.63) is 54.7 Å². The molecule has 0 amide bonds. The molecule has 2 heterocycles. The Balaban J connectivity index is 2.04. The van der Waals surface area contributed by atoms with Crippen LogP contribution >= 0.6 is 0 Å². The Morgan fingerprint density at radius 2 is 1.88 bits per heavy atom. The van der Waals surface area contributed by atoms with Crippen molar-refractivity contribution in [2.45, 2.75) is 4.90 Å². The largest absolute Gasteiger partial charge is 0.256 e. The molecule has 0 aliphatic heterocycles. The Labute approximate surface area is 143 Å². The first-order valence-electron chi connectivity index (χ1n) is 7.46. The van der Waals surface area contributed by atoms with E-state index in [2.05, 4.69) is 25.6 Å². The molecule has 0 aliphatic rings. The molecule has 124 valence electrons. The molecule has 0 saturated carbocycles. The minimum atomic E-state index is -3.47. The van der Waals surface area contributed by atoms with Gasteiger partial charge in [-0.25, -0.2) is 13.5 Å². The number of nitrogens with zero attached hydrogens (tertiary/aromatic N) is 4. The van der Waals surface area contributed by atoms with Crippen LogP contribution in [0.25, 0.3) is 33.4 Å². The maximum absolute atomic E-state index is 12.2. The fraction of sp³-hybridized carbons (Fsp3) is 0.0588. The van der Waals surface area contributed by atoms with Crippen LogP contribution < -0.4 is 0 Å². The first-order chi connectivity index (χ1) is 12.0. The lowest BCUT2D eigenvalue weighted by atomic mass is 9.99. The number of sulfone groups is 1. The number of H-pyrrole nitrogens is 1. The van der Waals surface area contributed by atoms with Gasteiger partial charge >= 0.3 is 0 Å². The Morgan fingerprint density at radius 3 is 2.64 bits per heavy atom. The second-order valence-electron chi connectivity index (χ2n) is 5.62. The van der Waals surface area contributed by atoms with Gasteiger partial charge in [0.25, 0.3) is 0 Å². The van der Waals surface area contributed by atoms with Crippen molar-refractivity contribution in [2.75, 3.05) is 6.26 Å². The summed E-state index contributed by atoms with van der Waals surface area (Å²) in [6, 6.07) is 14.8. The molecule has 0 fully saturated rings. The molecule has 4 aromatic rings. The third-order valence-corrected chi connectivity index (χ3v) is 5.05. The molecular formula is C17H13N5O2S. The zero-order valence-corrected chi connectivity index (χ0v) is 14.0. The van der Waals surface area contributed by atoms with Gasteiger partial charge in [-0.3, -0.25) is 4.98 Å². The number of hydrogen-bond acceptors (Lipinski definition) is 6. The van der Waals surface area contributed by atoms with Crippen LogP contribution in [-0.4, -0.2) is 40.3 Å². The number of hydrogen-bond donors (Lipinski definition) is 1. The smallest absolute Gasteiger partial charge is 0.181 e. The minimum absolute atomic E-state index is 0.164. The van der Waals surface area contributed by atoms with Gasteiger partial charge in [-0.2, -0.15) is 0 Å². The summed E-state index contributed by atoms with van der Waals surface area (Å²) in [6.45, 7) is 0. The number of aromatic nitrogens is 5. The summed E-state index contributed by atoms with van der Waals surface area (Å²) in [6.07, 6.45) is 2.88. The number of para-hydroxylation sites is 1. The zero-order chi connectivity index (χ0) is 17.4. The van der Waals surface area contributed by atoms with Gasteiger partial charge < -0.3 is 0 Å². The van der Waals surface area contributed by atoms with Crippen LogP contribution in [0.15, 0.2) is 59.6 Å². The summed E-state index contributed by atoms with van der Waals surface area (Å²) in [4.78, 5) is 4.62. The maximum Gasteiger partial charge on any atom is 0.181 e. The van der Waals surface area contributed by atoms with E-state index < -0.39 is 9.84 Å². The molecule has 25 heavy (non-hydrogen) atoms. The molecule has 1 N–H and O–H groups in total. The molecule has 2 aromatic carbocycles. The number of fused-ring (bicyclic) bond motifs is 1. The highest BCUT2D eigenvalue weighted by Crippen LogP contribution is 2.35. The van der Waals surface area contributed by atoms with Crippen molar-refractivity contribution >= 4 is 20.7 Å². The van der Waals surface area contributed by atoms with Gasteiger partial charge in [0.05, 0.1) is 10.4 Å². The standard InChI is InChI=1S/C17H13N5O2S/c1-25(23,24)15-8-4-6-13(16(15)17-19-21-22-20-17)12-9-11-5-2-3-7-14(11)18-10-12/h2-10H,1H3,(H,19,20,21,22). The zero-order valence-electron chi connectivity index (χ0n) is 13.2.